The standard InChI is InChI=1S/C27H27FN4O2/c1-16(2)15-34-25-11-18(19-8-7-17(3)26-21(19)12-31(4)30-26)10-23(28)22(25)13-32-14-24-20(27(32)33)6-5-9-29-24/h5-12,16H,13-15H2,1-4H3. The molecule has 1 aliphatic heterocycles. The van der Waals surface area contributed by atoms with E-state index < -0.39 is 5.82 Å². The van der Waals surface area contributed by atoms with Crippen LogP contribution in [0.25, 0.3) is 22.0 Å². The summed E-state index contributed by atoms with van der Waals surface area (Å²) in [5.41, 5.74) is 5.23. The molecular weight excluding hydrogens is 431 g/mol. The maximum atomic E-state index is 15.7. The lowest BCUT2D eigenvalue weighted by Gasteiger charge is -2.21. The van der Waals surface area contributed by atoms with Gasteiger partial charge in [-0.1, -0.05) is 26.0 Å². The second kappa shape index (κ2) is 8.56. The molecule has 7 heteroatoms. The van der Waals surface area contributed by atoms with Crippen molar-refractivity contribution in [1.82, 2.24) is 19.7 Å². The maximum absolute atomic E-state index is 15.7. The van der Waals surface area contributed by atoms with Crippen molar-refractivity contribution in [3.63, 3.8) is 0 Å². The number of nitrogens with zero attached hydrogens (tertiary/aromatic N) is 4. The molecule has 0 spiro atoms. The van der Waals surface area contributed by atoms with E-state index in [1.54, 1.807) is 27.9 Å². The van der Waals surface area contributed by atoms with Crippen molar-refractivity contribution >= 4 is 16.8 Å². The van der Waals surface area contributed by atoms with Crippen LogP contribution in [0.4, 0.5) is 4.39 Å². The van der Waals surface area contributed by atoms with Gasteiger partial charge in [-0.3, -0.25) is 14.5 Å². The molecule has 0 unspecified atom stereocenters. The van der Waals surface area contributed by atoms with E-state index in [0.717, 1.165) is 27.6 Å². The van der Waals surface area contributed by atoms with Crippen LogP contribution in [-0.4, -0.2) is 32.2 Å². The molecule has 0 bridgehead atoms. The van der Waals surface area contributed by atoms with E-state index in [1.807, 2.05) is 52.2 Å². The number of rotatable bonds is 6. The van der Waals surface area contributed by atoms with Gasteiger partial charge >= 0.3 is 0 Å². The highest BCUT2D eigenvalue weighted by molar-refractivity contribution is 5.98. The quantitative estimate of drug-likeness (QED) is 0.395. The average molecular weight is 459 g/mol. The monoisotopic (exact) mass is 458 g/mol. The normalized spacial score (nSPS) is 13.2. The first-order valence-electron chi connectivity index (χ1n) is 11.4. The van der Waals surface area contributed by atoms with Crippen LogP contribution in [0, 0.1) is 18.7 Å². The number of aromatic nitrogens is 3. The molecule has 1 amide bonds. The van der Waals surface area contributed by atoms with Crippen LogP contribution >= 0.6 is 0 Å². The first-order chi connectivity index (χ1) is 16.3. The Bertz CT molecular complexity index is 1410. The summed E-state index contributed by atoms with van der Waals surface area (Å²) in [4.78, 5) is 18.8. The number of benzene rings is 2. The van der Waals surface area contributed by atoms with Gasteiger partial charge in [-0.05, 0) is 53.8 Å². The van der Waals surface area contributed by atoms with Gasteiger partial charge in [0.2, 0.25) is 0 Å². The third-order valence-electron chi connectivity index (χ3n) is 6.13. The largest absolute Gasteiger partial charge is 0.493 e. The molecule has 0 fully saturated rings. The number of amides is 1. The van der Waals surface area contributed by atoms with Crippen LogP contribution in [0.1, 0.15) is 41.0 Å². The third-order valence-corrected chi connectivity index (χ3v) is 6.13. The molecule has 0 saturated carbocycles. The lowest BCUT2D eigenvalue weighted by atomic mass is 9.97. The summed E-state index contributed by atoms with van der Waals surface area (Å²) in [6, 6.07) is 10.9. The first kappa shape index (κ1) is 22.1. The molecule has 3 heterocycles. The summed E-state index contributed by atoms with van der Waals surface area (Å²) in [5, 5.41) is 5.52. The number of hydrogen-bond donors (Lipinski definition) is 0. The molecular formula is C27H27FN4O2. The van der Waals surface area contributed by atoms with Crippen LogP contribution in [0.3, 0.4) is 0 Å². The topological polar surface area (TPSA) is 60.3 Å². The molecule has 0 aliphatic carbocycles. The minimum Gasteiger partial charge on any atom is -0.493 e. The van der Waals surface area contributed by atoms with Crippen molar-refractivity contribution in [1.29, 1.82) is 0 Å². The van der Waals surface area contributed by atoms with E-state index in [-0.39, 0.29) is 18.4 Å². The highest BCUT2D eigenvalue weighted by Crippen LogP contribution is 2.36. The van der Waals surface area contributed by atoms with Gasteiger partial charge in [-0.2, -0.15) is 5.10 Å². The van der Waals surface area contributed by atoms with Gasteiger partial charge in [-0.15, -0.1) is 0 Å². The number of carbonyl (C=O) groups is 1. The van der Waals surface area contributed by atoms with Gasteiger partial charge in [0.05, 0.1) is 36.5 Å². The predicted octanol–water partition coefficient (Wildman–Crippen LogP) is 5.27. The molecule has 6 nitrogen and oxygen atoms in total. The number of carbonyl (C=O) groups excluding carboxylic acids is 1. The number of aryl methyl sites for hydroxylation is 2. The molecule has 2 aromatic carbocycles. The SMILES string of the molecule is Cc1ccc(-c2cc(F)c(CN3Cc4ncccc4C3=O)c(OCC(C)C)c2)c2cn(C)nc12. The van der Waals surface area contributed by atoms with E-state index in [2.05, 4.69) is 10.1 Å². The van der Waals surface area contributed by atoms with Crippen LogP contribution in [-0.2, 0) is 20.1 Å². The second-order valence-electron chi connectivity index (χ2n) is 9.29. The minimum atomic E-state index is -0.398. The van der Waals surface area contributed by atoms with Crippen molar-refractivity contribution in [2.24, 2.45) is 13.0 Å². The minimum absolute atomic E-state index is 0.116. The first-order valence-corrected chi connectivity index (χ1v) is 11.4. The Hall–Kier alpha value is -3.74. The Morgan fingerprint density at radius 1 is 1.18 bits per heavy atom. The number of pyridine rings is 1. The van der Waals surface area contributed by atoms with Crippen LogP contribution in [0.5, 0.6) is 5.75 Å². The Morgan fingerprint density at radius 2 is 2.00 bits per heavy atom. The average Bonchev–Trinajstić information content (AvgIpc) is 3.35. The fourth-order valence-corrected chi connectivity index (χ4v) is 4.41. The van der Waals surface area contributed by atoms with E-state index in [4.69, 9.17) is 4.74 Å². The highest BCUT2D eigenvalue weighted by atomic mass is 19.1. The lowest BCUT2D eigenvalue weighted by Crippen LogP contribution is -2.24. The summed E-state index contributed by atoms with van der Waals surface area (Å²) in [6.45, 7) is 7.03. The maximum Gasteiger partial charge on any atom is 0.256 e. The molecule has 34 heavy (non-hydrogen) atoms. The van der Waals surface area contributed by atoms with E-state index in [1.165, 1.54) is 6.07 Å². The summed E-state index contributed by atoms with van der Waals surface area (Å²) in [5.74, 6) is 0.187. The van der Waals surface area contributed by atoms with Gasteiger partial charge in [0, 0.05) is 30.4 Å². The zero-order valence-electron chi connectivity index (χ0n) is 19.8. The molecule has 2 aromatic heterocycles. The summed E-state index contributed by atoms with van der Waals surface area (Å²) in [6.07, 6.45) is 3.62. The zero-order chi connectivity index (χ0) is 24.0. The van der Waals surface area contributed by atoms with Crippen molar-refractivity contribution in [2.75, 3.05) is 6.61 Å². The molecule has 0 saturated heterocycles. The number of fused-ring (bicyclic) bond motifs is 2. The highest BCUT2D eigenvalue weighted by Gasteiger charge is 2.30. The fraction of sp³-hybridized carbons (Fsp3) is 0.296. The summed E-state index contributed by atoms with van der Waals surface area (Å²) in [7, 11) is 1.88. The van der Waals surface area contributed by atoms with Gasteiger partial charge < -0.3 is 9.64 Å². The molecule has 1 aliphatic rings. The summed E-state index contributed by atoms with van der Waals surface area (Å²) < 4.78 is 23.5. The second-order valence-corrected chi connectivity index (χ2v) is 9.29. The van der Waals surface area contributed by atoms with Crippen LogP contribution in [0.2, 0.25) is 0 Å². The number of halogens is 1. The summed E-state index contributed by atoms with van der Waals surface area (Å²) >= 11 is 0. The van der Waals surface area contributed by atoms with Crippen LogP contribution in [0.15, 0.2) is 48.8 Å². The van der Waals surface area contributed by atoms with Gasteiger partial charge in [0.25, 0.3) is 5.91 Å². The molecule has 174 valence electrons. The Balaban J connectivity index is 1.56. The fourth-order valence-electron chi connectivity index (χ4n) is 4.41. The Labute approximate surface area is 198 Å². The van der Waals surface area contributed by atoms with Crippen molar-refractivity contribution < 1.29 is 13.9 Å². The van der Waals surface area contributed by atoms with E-state index in [9.17, 15) is 4.79 Å². The van der Waals surface area contributed by atoms with Gasteiger partial charge in [-0.25, -0.2) is 4.39 Å². The zero-order valence-corrected chi connectivity index (χ0v) is 19.8. The van der Waals surface area contributed by atoms with Crippen molar-refractivity contribution in [3.05, 3.63) is 77.0 Å². The lowest BCUT2D eigenvalue weighted by molar-refractivity contribution is 0.0763. The smallest absolute Gasteiger partial charge is 0.256 e. The van der Waals surface area contributed by atoms with Crippen molar-refractivity contribution in [3.8, 4) is 16.9 Å². The van der Waals surface area contributed by atoms with Gasteiger partial charge in [0.1, 0.15) is 11.6 Å². The number of ether oxygens (including phenoxy) is 1. The Kier molecular flexibility index (Phi) is 5.55. The van der Waals surface area contributed by atoms with Crippen LogP contribution < -0.4 is 4.74 Å². The van der Waals surface area contributed by atoms with Gasteiger partial charge in [0.15, 0.2) is 0 Å². The molecule has 5 rings (SSSR count). The third kappa shape index (κ3) is 3.91. The number of hydrogen-bond acceptors (Lipinski definition) is 4. The van der Waals surface area contributed by atoms with E-state index >= 15 is 4.39 Å². The predicted molar refractivity (Wildman–Crippen MR) is 129 cm³/mol. The molecule has 0 N–H and O–H groups in total. The van der Waals surface area contributed by atoms with E-state index in [0.29, 0.717) is 35.7 Å². The molecule has 0 atom stereocenters. The molecule has 0 radical (unpaired) electrons. The van der Waals surface area contributed by atoms with Crippen molar-refractivity contribution in [2.45, 2.75) is 33.9 Å². The molecule has 4 aromatic rings. The Morgan fingerprint density at radius 3 is 2.76 bits per heavy atom.